The molecule has 1 aromatic carbocycles. The Labute approximate surface area is 113 Å². The van der Waals surface area contributed by atoms with E-state index in [9.17, 15) is 10.1 Å². The molecule has 3 unspecified atom stereocenters. The van der Waals surface area contributed by atoms with Crippen molar-refractivity contribution in [3.8, 4) is 6.07 Å². The molecule has 3 rings (SSSR count). The zero-order valence-corrected chi connectivity index (χ0v) is 11.0. The third-order valence-corrected chi connectivity index (χ3v) is 4.55. The summed E-state index contributed by atoms with van der Waals surface area (Å²) < 4.78 is 0. The van der Waals surface area contributed by atoms with Crippen molar-refractivity contribution in [2.75, 3.05) is 13.1 Å². The number of nitriles is 1. The first-order chi connectivity index (χ1) is 9.29. The highest BCUT2D eigenvalue weighted by Crippen LogP contribution is 2.38. The molecule has 1 heterocycles. The number of amides is 1. The van der Waals surface area contributed by atoms with E-state index >= 15 is 0 Å². The molecule has 19 heavy (non-hydrogen) atoms. The summed E-state index contributed by atoms with van der Waals surface area (Å²) >= 11 is 0. The Morgan fingerprint density at radius 2 is 1.84 bits per heavy atom. The second kappa shape index (κ2) is 5.05. The summed E-state index contributed by atoms with van der Waals surface area (Å²) in [6, 6.07) is 11.6. The molecule has 0 aromatic heterocycles. The quantitative estimate of drug-likeness (QED) is 0.814. The van der Waals surface area contributed by atoms with Gasteiger partial charge in [-0.2, -0.15) is 5.26 Å². The first kappa shape index (κ1) is 12.2. The van der Waals surface area contributed by atoms with Crippen LogP contribution in [0.25, 0.3) is 0 Å². The topological polar surface area (TPSA) is 44.1 Å². The number of rotatable bonds is 2. The Bertz CT molecular complexity index is 493. The van der Waals surface area contributed by atoms with Crippen LogP contribution >= 0.6 is 0 Å². The maximum Gasteiger partial charge on any atom is 0.244 e. The van der Waals surface area contributed by atoms with Gasteiger partial charge in [-0.05, 0) is 30.2 Å². The normalized spacial score (nSPS) is 26.8. The van der Waals surface area contributed by atoms with E-state index in [4.69, 9.17) is 0 Å². The standard InChI is InChI=1S/C16H18N2O/c17-9-15(12-5-2-1-3-6-12)16(19)18-10-13-7-4-8-14(13)11-18/h1-3,5-6,13-15H,4,7-8,10-11H2. The number of carbonyl (C=O) groups is 1. The lowest BCUT2D eigenvalue weighted by Gasteiger charge is -2.20. The maximum absolute atomic E-state index is 12.5. The number of likely N-dealkylation sites (tertiary alicyclic amines) is 1. The van der Waals surface area contributed by atoms with Gasteiger partial charge in [0, 0.05) is 13.1 Å². The van der Waals surface area contributed by atoms with Gasteiger partial charge in [0.1, 0.15) is 5.92 Å². The van der Waals surface area contributed by atoms with Gasteiger partial charge in [-0.25, -0.2) is 0 Å². The van der Waals surface area contributed by atoms with Crippen molar-refractivity contribution in [3.05, 3.63) is 35.9 Å². The highest BCUT2D eigenvalue weighted by Gasteiger charge is 2.39. The van der Waals surface area contributed by atoms with Gasteiger partial charge < -0.3 is 4.90 Å². The average molecular weight is 254 g/mol. The first-order valence-electron chi connectivity index (χ1n) is 7.03. The second-order valence-electron chi connectivity index (χ2n) is 5.67. The molecule has 2 fully saturated rings. The Kier molecular flexibility index (Phi) is 3.25. The Morgan fingerprint density at radius 3 is 2.42 bits per heavy atom. The monoisotopic (exact) mass is 254 g/mol. The minimum atomic E-state index is -0.639. The van der Waals surface area contributed by atoms with Crippen LogP contribution in [0.1, 0.15) is 30.7 Å². The molecule has 0 spiro atoms. The summed E-state index contributed by atoms with van der Waals surface area (Å²) in [6.45, 7) is 1.71. The Morgan fingerprint density at radius 1 is 1.21 bits per heavy atom. The fraction of sp³-hybridized carbons (Fsp3) is 0.500. The molecule has 2 aliphatic rings. The van der Waals surface area contributed by atoms with Crippen molar-refractivity contribution in [2.24, 2.45) is 11.8 Å². The number of hydrogen-bond donors (Lipinski definition) is 0. The third-order valence-electron chi connectivity index (χ3n) is 4.55. The molecule has 3 atom stereocenters. The average Bonchev–Trinajstić information content (AvgIpc) is 3.01. The van der Waals surface area contributed by atoms with E-state index in [2.05, 4.69) is 6.07 Å². The molecular weight excluding hydrogens is 236 g/mol. The van der Waals surface area contributed by atoms with Gasteiger partial charge >= 0.3 is 0 Å². The largest absolute Gasteiger partial charge is 0.341 e. The predicted molar refractivity (Wildman–Crippen MR) is 72.2 cm³/mol. The summed E-state index contributed by atoms with van der Waals surface area (Å²) in [5, 5.41) is 9.32. The van der Waals surface area contributed by atoms with Crippen molar-refractivity contribution in [3.63, 3.8) is 0 Å². The zero-order valence-electron chi connectivity index (χ0n) is 11.0. The van der Waals surface area contributed by atoms with Gasteiger partial charge in [-0.3, -0.25) is 4.79 Å². The van der Waals surface area contributed by atoms with Crippen molar-refractivity contribution in [1.82, 2.24) is 4.90 Å². The van der Waals surface area contributed by atoms with E-state index in [-0.39, 0.29) is 5.91 Å². The fourth-order valence-electron chi connectivity index (χ4n) is 3.52. The van der Waals surface area contributed by atoms with Crippen molar-refractivity contribution in [2.45, 2.75) is 25.2 Å². The van der Waals surface area contributed by atoms with Gasteiger partial charge in [0.25, 0.3) is 0 Å². The highest BCUT2D eigenvalue weighted by molar-refractivity contribution is 5.86. The van der Waals surface area contributed by atoms with Gasteiger partial charge in [0.05, 0.1) is 6.07 Å². The van der Waals surface area contributed by atoms with Crippen molar-refractivity contribution >= 4 is 5.91 Å². The molecule has 3 heteroatoms. The molecule has 0 radical (unpaired) electrons. The first-order valence-corrected chi connectivity index (χ1v) is 7.03. The van der Waals surface area contributed by atoms with E-state index in [0.717, 1.165) is 18.7 Å². The van der Waals surface area contributed by atoms with Gasteiger partial charge in [0.15, 0.2) is 0 Å². The van der Waals surface area contributed by atoms with Crippen LogP contribution in [-0.4, -0.2) is 23.9 Å². The number of nitrogens with zero attached hydrogens (tertiary/aromatic N) is 2. The summed E-state index contributed by atoms with van der Waals surface area (Å²) in [6.07, 6.45) is 3.80. The van der Waals surface area contributed by atoms with Crippen LogP contribution in [0.2, 0.25) is 0 Å². The Hall–Kier alpha value is -1.82. The molecule has 0 bridgehead atoms. The lowest BCUT2D eigenvalue weighted by Crippen LogP contribution is -2.33. The van der Waals surface area contributed by atoms with Crippen LogP contribution < -0.4 is 0 Å². The molecule has 1 saturated heterocycles. The lowest BCUT2D eigenvalue weighted by atomic mass is 9.99. The summed E-state index contributed by atoms with van der Waals surface area (Å²) in [5.74, 6) is 0.709. The molecule has 1 amide bonds. The van der Waals surface area contributed by atoms with Crippen molar-refractivity contribution in [1.29, 1.82) is 5.26 Å². The smallest absolute Gasteiger partial charge is 0.244 e. The minimum absolute atomic E-state index is 0.0110. The van der Waals surface area contributed by atoms with Gasteiger partial charge in [-0.1, -0.05) is 36.8 Å². The highest BCUT2D eigenvalue weighted by atomic mass is 16.2. The minimum Gasteiger partial charge on any atom is -0.341 e. The van der Waals surface area contributed by atoms with Crippen LogP contribution in [0.3, 0.4) is 0 Å². The number of fused-ring (bicyclic) bond motifs is 1. The molecule has 98 valence electrons. The molecule has 3 nitrogen and oxygen atoms in total. The molecule has 1 saturated carbocycles. The van der Waals surface area contributed by atoms with Crippen LogP contribution in [0, 0.1) is 23.2 Å². The zero-order chi connectivity index (χ0) is 13.2. The fourth-order valence-corrected chi connectivity index (χ4v) is 3.52. The van der Waals surface area contributed by atoms with Crippen LogP contribution in [0.5, 0.6) is 0 Å². The number of hydrogen-bond acceptors (Lipinski definition) is 2. The van der Waals surface area contributed by atoms with E-state index in [0.29, 0.717) is 11.8 Å². The summed E-state index contributed by atoms with van der Waals surface area (Å²) in [5.41, 5.74) is 0.812. The number of benzene rings is 1. The Balaban J connectivity index is 1.75. The van der Waals surface area contributed by atoms with Gasteiger partial charge in [0.2, 0.25) is 5.91 Å². The maximum atomic E-state index is 12.5. The van der Waals surface area contributed by atoms with E-state index in [1.807, 2.05) is 35.2 Å². The van der Waals surface area contributed by atoms with Gasteiger partial charge in [-0.15, -0.1) is 0 Å². The molecular formula is C16H18N2O. The van der Waals surface area contributed by atoms with Crippen LogP contribution in [-0.2, 0) is 4.79 Å². The number of carbonyl (C=O) groups excluding carboxylic acids is 1. The van der Waals surface area contributed by atoms with Crippen molar-refractivity contribution < 1.29 is 4.79 Å². The van der Waals surface area contributed by atoms with E-state index in [1.165, 1.54) is 19.3 Å². The summed E-state index contributed by atoms with van der Waals surface area (Å²) in [4.78, 5) is 14.4. The van der Waals surface area contributed by atoms with E-state index < -0.39 is 5.92 Å². The molecule has 0 N–H and O–H groups in total. The third kappa shape index (κ3) is 2.23. The second-order valence-corrected chi connectivity index (χ2v) is 5.67. The lowest BCUT2D eigenvalue weighted by molar-refractivity contribution is -0.130. The van der Waals surface area contributed by atoms with Crippen LogP contribution in [0.15, 0.2) is 30.3 Å². The molecule has 1 aliphatic carbocycles. The van der Waals surface area contributed by atoms with Crippen LogP contribution in [0.4, 0.5) is 0 Å². The SMILES string of the molecule is N#CC(C(=O)N1CC2CCCC2C1)c1ccccc1. The predicted octanol–water partition coefficient (Wildman–Crippen LogP) is 2.55. The molecule has 1 aromatic rings. The summed E-state index contributed by atoms with van der Waals surface area (Å²) in [7, 11) is 0. The van der Waals surface area contributed by atoms with E-state index in [1.54, 1.807) is 0 Å². The molecule has 1 aliphatic heterocycles.